The van der Waals surface area contributed by atoms with Crippen LogP contribution in [0, 0.1) is 0 Å². The Bertz CT molecular complexity index is 799. The molecule has 1 saturated heterocycles. The van der Waals surface area contributed by atoms with E-state index in [-0.39, 0.29) is 36.4 Å². The number of aryl methyl sites for hydroxylation is 1. The van der Waals surface area contributed by atoms with Crippen molar-refractivity contribution in [1.82, 2.24) is 19.7 Å². The van der Waals surface area contributed by atoms with E-state index < -0.39 is 0 Å². The Hall–Kier alpha value is -2.23. The molecule has 3 rings (SSSR count). The fourth-order valence-corrected chi connectivity index (χ4v) is 3.48. The molecule has 1 aromatic carbocycles. The molecular formula is C21H31IN6O. The number of carbonyl (C=O) groups excluding carboxylic acids is 1. The van der Waals surface area contributed by atoms with Gasteiger partial charge in [0.2, 0.25) is 5.91 Å². The maximum atomic E-state index is 12.6. The van der Waals surface area contributed by atoms with Crippen LogP contribution in [-0.2, 0) is 18.4 Å². The number of aromatic nitrogens is 1. The van der Waals surface area contributed by atoms with Crippen LogP contribution in [0.15, 0.2) is 53.7 Å². The third-order valence-corrected chi connectivity index (χ3v) is 5.18. The molecule has 29 heavy (non-hydrogen) atoms. The third-order valence-electron chi connectivity index (χ3n) is 5.18. The number of para-hydroxylation sites is 1. The minimum absolute atomic E-state index is 0. The lowest BCUT2D eigenvalue weighted by molar-refractivity contribution is -0.130. The normalized spacial score (nSPS) is 14.4. The number of nitrogens with one attached hydrogen (secondary N) is 1. The van der Waals surface area contributed by atoms with Gasteiger partial charge < -0.3 is 24.6 Å². The Kier molecular flexibility index (Phi) is 8.81. The molecular weight excluding hydrogens is 479 g/mol. The van der Waals surface area contributed by atoms with Crippen molar-refractivity contribution >= 4 is 41.5 Å². The molecule has 1 aliphatic rings. The number of hydrogen-bond donors (Lipinski definition) is 1. The van der Waals surface area contributed by atoms with Crippen LogP contribution < -0.4 is 10.2 Å². The van der Waals surface area contributed by atoms with E-state index in [2.05, 4.69) is 38.0 Å². The summed E-state index contributed by atoms with van der Waals surface area (Å²) < 4.78 is 2.08. The molecule has 0 spiro atoms. The summed E-state index contributed by atoms with van der Waals surface area (Å²) in [4.78, 5) is 23.2. The van der Waals surface area contributed by atoms with Gasteiger partial charge in [0.25, 0.3) is 0 Å². The quantitative estimate of drug-likeness (QED) is 0.380. The van der Waals surface area contributed by atoms with E-state index in [1.165, 1.54) is 11.4 Å². The van der Waals surface area contributed by atoms with Crippen LogP contribution in [0.1, 0.15) is 5.69 Å². The van der Waals surface area contributed by atoms with Gasteiger partial charge >= 0.3 is 0 Å². The minimum atomic E-state index is 0. The standard InChI is InChI=1S/C21H30N6O.HI/c1-22-21(25(3)17-19-10-7-11-24(19)2)23-16-20(28)27-14-12-26(13-15-27)18-8-5-4-6-9-18;/h4-11H,12-17H2,1-3H3,(H,22,23);1H. The molecule has 2 heterocycles. The van der Waals surface area contributed by atoms with E-state index in [4.69, 9.17) is 0 Å². The molecule has 1 fully saturated rings. The Morgan fingerprint density at radius 1 is 1.10 bits per heavy atom. The maximum Gasteiger partial charge on any atom is 0.242 e. The summed E-state index contributed by atoms with van der Waals surface area (Å²) in [7, 11) is 5.75. The number of rotatable bonds is 5. The van der Waals surface area contributed by atoms with Gasteiger partial charge in [0.1, 0.15) is 0 Å². The lowest BCUT2D eigenvalue weighted by Gasteiger charge is -2.36. The highest BCUT2D eigenvalue weighted by Crippen LogP contribution is 2.15. The van der Waals surface area contributed by atoms with Gasteiger partial charge in [0.05, 0.1) is 13.1 Å². The Morgan fingerprint density at radius 2 is 1.79 bits per heavy atom. The highest BCUT2D eigenvalue weighted by Gasteiger charge is 2.21. The van der Waals surface area contributed by atoms with Gasteiger partial charge in [-0.2, -0.15) is 0 Å². The SMILES string of the molecule is CN=C(NCC(=O)N1CCN(c2ccccc2)CC1)N(C)Cc1cccn1C.I. The van der Waals surface area contributed by atoms with Crippen molar-refractivity contribution in [2.75, 3.05) is 51.7 Å². The second-order valence-electron chi connectivity index (χ2n) is 7.07. The van der Waals surface area contributed by atoms with E-state index in [1.807, 2.05) is 54.4 Å². The van der Waals surface area contributed by atoms with Crippen LogP contribution in [0.25, 0.3) is 0 Å². The first-order valence-electron chi connectivity index (χ1n) is 9.68. The Labute approximate surface area is 190 Å². The Morgan fingerprint density at radius 3 is 2.38 bits per heavy atom. The second kappa shape index (κ2) is 11.1. The number of amides is 1. The smallest absolute Gasteiger partial charge is 0.242 e. The van der Waals surface area contributed by atoms with Gasteiger partial charge in [0.15, 0.2) is 5.96 Å². The van der Waals surface area contributed by atoms with Crippen LogP contribution in [0.4, 0.5) is 5.69 Å². The summed E-state index contributed by atoms with van der Waals surface area (Å²) in [6, 6.07) is 14.5. The maximum absolute atomic E-state index is 12.6. The molecule has 1 N–H and O–H groups in total. The van der Waals surface area contributed by atoms with Crippen molar-refractivity contribution in [2.45, 2.75) is 6.54 Å². The number of benzene rings is 1. The molecule has 0 atom stereocenters. The van der Waals surface area contributed by atoms with Crippen LogP contribution in [-0.4, -0.2) is 73.1 Å². The van der Waals surface area contributed by atoms with Crippen LogP contribution in [0.2, 0.25) is 0 Å². The van der Waals surface area contributed by atoms with E-state index in [0.29, 0.717) is 0 Å². The molecule has 0 bridgehead atoms. The number of aliphatic imine (C=N–C) groups is 1. The molecule has 0 radical (unpaired) electrons. The molecule has 1 aliphatic heterocycles. The highest BCUT2D eigenvalue weighted by molar-refractivity contribution is 14.0. The molecule has 0 saturated carbocycles. The van der Waals surface area contributed by atoms with Gasteiger partial charge in [-0.3, -0.25) is 9.79 Å². The third kappa shape index (κ3) is 6.12. The van der Waals surface area contributed by atoms with Gasteiger partial charge in [-0.25, -0.2) is 0 Å². The lowest BCUT2D eigenvalue weighted by atomic mass is 10.2. The predicted octanol–water partition coefficient (Wildman–Crippen LogP) is 2.00. The molecule has 1 aromatic heterocycles. The van der Waals surface area contributed by atoms with Crippen LogP contribution in [0.5, 0.6) is 0 Å². The number of anilines is 1. The molecule has 0 unspecified atom stereocenters. The van der Waals surface area contributed by atoms with Gasteiger partial charge in [0, 0.05) is 64.9 Å². The molecule has 2 aromatic rings. The van der Waals surface area contributed by atoms with Gasteiger partial charge in [-0.1, -0.05) is 18.2 Å². The zero-order valence-corrected chi connectivity index (χ0v) is 19.7. The largest absolute Gasteiger partial charge is 0.368 e. The number of nitrogens with zero attached hydrogens (tertiary/aromatic N) is 5. The van der Waals surface area contributed by atoms with E-state index in [1.54, 1.807) is 7.05 Å². The summed E-state index contributed by atoms with van der Waals surface area (Å²) in [5.41, 5.74) is 2.41. The van der Waals surface area contributed by atoms with Crippen molar-refractivity contribution in [3.63, 3.8) is 0 Å². The van der Waals surface area contributed by atoms with E-state index in [0.717, 1.165) is 38.7 Å². The molecule has 8 heteroatoms. The number of halogens is 1. The minimum Gasteiger partial charge on any atom is -0.368 e. The average molecular weight is 510 g/mol. The average Bonchev–Trinajstić information content (AvgIpc) is 3.13. The molecule has 0 aliphatic carbocycles. The summed E-state index contributed by atoms with van der Waals surface area (Å²) >= 11 is 0. The number of hydrogen-bond acceptors (Lipinski definition) is 3. The monoisotopic (exact) mass is 510 g/mol. The van der Waals surface area contributed by atoms with Crippen molar-refractivity contribution in [1.29, 1.82) is 0 Å². The van der Waals surface area contributed by atoms with Crippen LogP contribution in [0.3, 0.4) is 0 Å². The summed E-state index contributed by atoms with van der Waals surface area (Å²) in [6.45, 7) is 4.19. The lowest BCUT2D eigenvalue weighted by Crippen LogP contribution is -2.52. The number of piperazine rings is 1. The zero-order chi connectivity index (χ0) is 19.9. The number of carbonyl (C=O) groups is 1. The van der Waals surface area contributed by atoms with Crippen molar-refractivity contribution in [2.24, 2.45) is 12.0 Å². The van der Waals surface area contributed by atoms with E-state index >= 15 is 0 Å². The summed E-state index contributed by atoms with van der Waals surface area (Å²) in [5, 5.41) is 3.20. The summed E-state index contributed by atoms with van der Waals surface area (Å²) in [5.74, 6) is 0.832. The van der Waals surface area contributed by atoms with E-state index in [9.17, 15) is 4.79 Å². The number of guanidine groups is 1. The fraction of sp³-hybridized carbons (Fsp3) is 0.429. The first kappa shape index (κ1) is 23.1. The molecule has 7 nitrogen and oxygen atoms in total. The molecule has 158 valence electrons. The second-order valence-corrected chi connectivity index (χ2v) is 7.07. The van der Waals surface area contributed by atoms with Crippen molar-refractivity contribution < 1.29 is 4.79 Å². The first-order valence-corrected chi connectivity index (χ1v) is 9.68. The van der Waals surface area contributed by atoms with Crippen LogP contribution >= 0.6 is 24.0 Å². The van der Waals surface area contributed by atoms with Gasteiger partial charge in [-0.15, -0.1) is 24.0 Å². The topological polar surface area (TPSA) is 56.1 Å². The van der Waals surface area contributed by atoms with Gasteiger partial charge in [-0.05, 0) is 24.3 Å². The summed E-state index contributed by atoms with van der Waals surface area (Å²) in [6.07, 6.45) is 2.03. The fourth-order valence-electron chi connectivity index (χ4n) is 3.48. The predicted molar refractivity (Wildman–Crippen MR) is 129 cm³/mol. The van der Waals surface area contributed by atoms with Crippen molar-refractivity contribution in [3.8, 4) is 0 Å². The zero-order valence-electron chi connectivity index (χ0n) is 17.4. The Balaban J connectivity index is 0.00000300. The molecule has 1 amide bonds. The van der Waals surface area contributed by atoms with Crippen molar-refractivity contribution in [3.05, 3.63) is 54.4 Å². The highest BCUT2D eigenvalue weighted by atomic mass is 127. The first-order chi connectivity index (χ1) is 13.6.